The number of hydrogen-bond acceptors (Lipinski definition) is 5. The molecule has 7 nitrogen and oxygen atoms in total. The maximum Gasteiger partial charge on any atom is 0.258 e. The van der Waals surface area contributed by atoms with Crippen molar-refractivity contribution in [3.63, 3.8) is 0 Å². The van der Waals surface area contributed by atoms with Gasteiger partial charge >= 0.3 is 0 Å². The van der Waals surface area contributed by atoms with Crippen LogP contribution in [0.2, 0.25) is 0 Å². The highest BCUT2D eigenvalue weighted by atomic mass is 16.5. The van der Waals surface area contributed by atoms with Crippen molar-refractivity contribution in [1.82, 2.24) is 20.1 Å². The van der Waals surface area contributed by atoms with Gasteiger partial charge in [-0.25, -0.2) is 0 Å². The highest BCUT2D eigenvalue weighted by Gasteiger charge is 2.22. The van der Waals surface area contributed by atoms with Gasteiger partial charge in [0, 0.05) is 24.0 Å². The molecule has 0 aliphatic heterocycles. The van der Waals surface area contributed by atoms with Crippen LogP contribution in [0.25, 0.3) is 11.3 Å². The van der Waals surface area contributed by atoms with Crippen molar-refractivity contribution in [3.05, 3.63) is 60.6 Å². The second-order valence-electron chi connectivity index (χ2n) is 7.38. The summed E-state index contributed by atoms with van der Waals surface area (Å²) in [7, 11) is 1.59. The molecule has 1 amide bonds. The van der Waals surface area contributed by atoms with Gasteiger partial charge in [-0.2, -0.15) is 5.10 Å². The number of aromatic nitrogens is 3. The van der Waals surface area contributed by atoms with E-state index >= 15 is 0 Å². The molecule has 1 aliphatic rings. The van der Waals surface area contributed by atoms with Crippen molar-refractivity contribution < 1.29 is 14.3 Å². The van der Waals surface area contributed by atoms with Crippen LogP contribution in [0.3, 0.4) is 0 Å². The molecule has 1 saturated carbocycles. The predicted octanol–water partition coefficient (Wildman–Crippen LogP) is 3.76. The van der Waals surface area contributed by atoms with Crippen molar-refractivity contribution in [3.8, 4) is 22.8 Å². The molecule has 2 aromatic heterocycles. The zero-order chi connectivity index (χ0) is 20.8. The van der Waals surface area contributed by atoms with E-state index in [0.717, 1.165) is 29.8 Å². The first kappa shape index (κ1) is 19.9. The van der Waals surface area contributed by atoms with Crippen molar-refractivity contribution in [2.24, 2.45) is 0 Å². The summed E-state index contributed by atoms with van der Waals surface area (Å²) in [4.78, 5) is 16.4. The van der Waals surface area contributed by atoms with E-state index in [1.165, 1.54) is 12.8 Å². The fraction of sp³-hybridized carbons (Fsp3) is 0.348. The summed E-state index contributed by atoms with van der Waals surface area (Å²) in [5.41, 5.74) is 2.99. The fourth-order valence-corrected chi connectivity index (χ4v) is 3.78. The minimum Gasteiger partial charge on any atom is -0.497 e. The standard InChI is InChI=1S/C23H26N4O3/c1-29-20-7-4-8-21(14-20)30-16-23(28)25-15-18-13-22(17-9-11-24-12-10-17)27(26-18)19-5-2-3-6-19/h4,7-14,19H,2-3,5-6,15-16H2,1H3,(H,25,28). The molecule has 0 unspecified atom stereocenters. The number of rotatable bonds is 8. The van der Waals surface area contributed by atoms with E-state index in [1.54, 1.807) is 31.6 Å². The highest BCUT2D eigenvalue weighted by molar-refractivity contribution is 5.77. The molecule has 1 N–H and O–H groups in total. The van der Waals surface area contributed by atoms with Crippen LogP contribution in [0.5, 0.6) is 11.5 Å². The number of carbonyl (C=O) groups is 1. The van der Waals surface area contributed by atoms with Crippen molar-refractivity contribution >= 4 is 5.91 Å². The average molecular weight is 406 g/mol. The van der Waals surface area contributed by atoms with Crippen LogP contribution in [0, 0.1) is 0 Å². The zero-order valence-corrected chi connectivity index (χ0v) is 17.1. The number of pyridine rings is 1. The van der Waals surface area contributed by atoms with Crippen molar-refractivity contribution in [2.45, 2.75) is 38.3 Å². The second-order valence-corrected chi connectivity index (χ2v) is 7.38. The molecule has 156 valence electrons. The summed E-state index contributed by atoms with van der Waals surface area (Å²) in [6.07, 6.45) is 8.32. The van der Waals surface area contributed by atoms with E-state index < -0.39 is 0 Å². The lowest BCUT2D eigenvalue weighted by Crippen LogP contribution is -2.28. The van der Waals surface area contributed by atoms with E-state index in [-0.39, 0.29) is 12.5 Å². The summed E-state index contributed by atoms with van der Waals surface area (Å²) in [6, 6.07) is 13.6. The van der Waals surface area contributed by atoms with Gasteiger partial charge in [-0.1, -0.05) is 18.9 Å². The van der Waals surface area contributed by atoms with E-state index in [4.69, 9.17) is 14.6 Å². The van der Waals surface area contributed by atoms with Crippen molar-refractivity contribution in [2.75, 3.05) is 13.7 Å². The first-order chi connectivity index (χ1) is 14.7. The third kappa shape index (κ3) is 4.79. The van der Waals surface area contributed by atoms with Gasteiger partial charge < -0.3 is 14.8 Å². The fourth-order valence-electron chi connectivity index (χ4n) is 3.78. The summed E-state index contributed by atoms with van der Waals surface area (Å²) in [6.45, 7) is 0.297. The molecule has 7 heteroatoms. The largest absolute Gasteiger partial charge is 0.497 e. The SMILES string of the molecule is COc1cccc(OCC(=O)NCc2cc(-c3ccncc3)n(C3CCCC3)n2)c1. The second kappa shape index (κ2) is 9.43. The van der Waals surface area contributed by atoms with E-state index in [9.17, 15) is 4.79 Å². The van der Waals surface area contributed by atoms with E-state index in [1.807, 2.05) is 24.3 Å². The quantitative estimate of drug-likeness (QED) is 0.616. The van der Waals surface area contributed by atoms with Crippen LogP contribution in [0.1, 0.15) is 37.4 Å². The number of carbonyl (C=O) groups excluding carboxylic acids is 1. The van der Waals surface area contributed by atoms with Gasteiger partial charge in [0.05, 0.1) is 31.1 Å². The third-order valence-corrected chi connectivity index (χ3v) is 5.31. The van der Waals surface area contributed by atoms with Crippen LogP contribution >= 0.6 is 0 Å². The molecule has 3 aromatic rings. The number of amides is 1. The third-order valence-electron chi connectivity index (χ3n) is 5.31. The molecule has 0 saturated heterocycles. The number of nitrogens with zero attached hydrogens (tertiary/aromatic N) is 3. The molecule has 0 spiro atoms. The van der Waals surface area contributed by atoms with Crippen molar-refractivity contribution in [1.29, 1.82) is 0 Å². The normalized spacial score (nSPS) is 13.9. The predicted molar refractivity (Wildman–Crippen MR) is 113 cm³/mol. The molecular weight excluding hydrogens is 380 g/mol. The molecule has 2 heterocycles. The Kier molecular flexibility index (Phi) is 6.27. The van der Waals surface area contributed by atoms with Gasteiger partial charge in [-0.15, -0.1) is 0 Å². The number of methoxy groups -OCH3 is 1. The van der Waals surface area contributed by atoms with Gasteiger partial charge in [-0.05, 0) is 43.2 Å². The van der Waals surface area contributed by atoms with Crippen LogP contribution < -0.4 is 14.8 Å². The minimum absolute atomic E-state index is 0.0618. The summed E-state index contributed by atoms with van der Waals surface area (Å²) in [5, 5.41) is 7.70. The topological polar surface area (TPSA) is 78.3 Å². The first-order valence-corrected chi connectivity index (χ1v) is 10.3. The van der Waals surface area contributed by atoms with Crippen LogP contribution in [-0.4, -0.2) is 34.4 Å². The lowest BCUT2D eigenvalue weighted by atomic mass is 10.1. The van der Waals surface area contributed by atoms with Crippen LogP contribution in [-0.2, 0) is 11.3 Å². The van der Waals surface area contributed by atoms with Crippen LogP contribution in [0.15, 0.2) is 54.9 Å². The summed E-state index contributed by atoms with van der Waals surface area (Å²) >= 11 is 0. The Balaban J connectivity index is 1.39. The number of nitrogens with one attached hydrogen (secondary N) is 1. The summed E-state index contributed by atoms with van der Waals surface area (Å²) < 4.78 is 12.8. The summed E-state index contributed by atoms with van der Waals surface area (Å²) in [5.74, 6) is 1.09. The number of benzene rings is 1. The van der Waals surface area contributed by atoms with Crippen LogP contribution in [0.4, 0.5) is 0 Å². The number of hydrogen-bond donors (Lipinski definition) is 1. The average Bonchev–Trinajstić information content (AvgIpc) is 3.47. The van der Waals surface area contributed by atoms with Gasteiger partial charge in [0.25, 0.3) is 5.91 Å². The molecule has 0 radical (unpaired) electrons. The number of ether oxygens (including phenoxy) is 2. The smallest absolute Gasteiger partial charge is 0.258 e. The van der Waals surface area contributed by atoms with Gasteiger partial charge in [-0.3, -0.25) is 14.5 Å². The molecule has 1 fully saturated rings. The van der Waals surface area contributed by atoms with E-state index in [0.29, 0.717) is 24.1 Å². The Hall–Kier alpha value is -3.35. The van der Waals surface area contributed by atoms with E-state index in [2.05, 4.69) is 21.0 Å². The monoisotopic (exact) mass is 406 g/mol. The molecular formula is C23H26N4O3. The minimum atomic E-state index is -0.196. The lowest BCUT2D eigenvalue weighted by molar-refractivity contribution is -0.123. The lowest BCUT2D eigenvalue weighted by Gasteiger charge is -2.14. The maximum absolute atomic E-state index is 12.3. The first-order valence-electron chi connectivity index (χ1n) is 10.3. The molecule has 30 heavy (non-hydrogen) atoms. The molecule has 1 aliphatic carbocycles. The highest BCUT2D eigenvalue weighted by Crippen LogP contribution is 2.33. The molecule has 4 rings (SSSR count). The molecule has 0 atom stereocenters. The van der Waals surface area contributed by atoms with Gasteiger partial charge in [0.15, 0.2) is 6.61 Å². The molecule has 1 aromatic carbocycles. The van der Waals surface area contributed by atoms with Gasteiger partial charge in [0.2, 0.25) is 0 Å². The van der Waals surface area contributed by atoms with Gasteiger partial charge in [0.1, 0.15) is 11.5 Å². The Bertz CT molecular complexity index is 981. The Morgan fingerprint density at radius 3 is 2.67 bits per heavy atom. The molecule has 0 bridgehead atoms. The Morgan fingerprint density at radius 2 is 1.90 bits per heavy atom. The maximum atomic E-state index is 12.3. The Labute approximate surface area is 176 Å². The Morgan fingerprint density at radius 1 is 1.13 bits per heavy atom. The zero-order valence-electron chi connectivity index (χ0n) is 17.1.